The summed E-state index contributed by atoms with van der Waals surface area (Å²) in [6, 6.07) is 0. The Morgan fingerprint density at radius 3 is 2.75 bits per heavy atom. The molecular weight excluding hydrogens is 208 g/mol. The third-order valence-electron chi connectivity index (χ3n) is 2.24. The van der Waals surface area contributed by atoms with Gasteiger partial charge in [-0.2, -0.15) is 5.10 Å². The van der Waals surface area contributed by atoms with Gasteiger partial charge in [-0.25, -0.2) is 4.79 Å². The van der Waals surface area contributed by atoms with E-state index in [1.54, 1.807) is 20.0 Å². The molecule has 0 aliphatic rings. The predicted octanol–water partition coefficient (Wildman–Crippen LogP) is 1.74. The molecule has 1 N–H and O–H groups in total. The highest BCUT2D eigenvalue weighted by Gasteiger charge is 2.30. The lowest BCUT2D eigenvalue weighted by Gasteiger charge is -2.19. The summed E-state index contributed by atoms with van der Waals surface area (Å²) in [4.78, 5) is 11.0. The van der Waals surface area contributed by atoms with Crippen LogP contribution in [0.4, 0.5) is 0 Å². The predicted molar refractivity (Wildman–Crippen MR) is 59.5 cm³/mol. The third-order valence-corrected chi connectivity index (χ3v) is 2.24. The van der Waals surface area contributed by atoms with Gasteiger partial charge in [-0.1, -0.05) is 13.8 Å². The molecule has 0 atom stereocenters. The Labute approximate surface area is 95.0 Å². The maximum absolute atomic E-state index is 11.0. The van der Waals surface area contributed by atoms with Crippen LogP contribution in [0.25, 0.3) is 0 Å². The van der Waals surface area contributed by atoms with Crippen molar-refractivity contribution in [1.29, 1.82) is 0 Å². The van der Waals surface area contributed by atoms with Gasteiger partial charge in [0.05, 0.1) is 19.0 Å². The normalized spacial score (nSPS) is 11.8. The Morgan fingerprint density at radius 2 is 2.25 bits per heavy atom. The zero-order valence-electron chi connectivity index (χ0n) is 10.1. The van der Waals surface area contributed by atoms with E-state index >= 15 is 0 Å². The highest BCUT2D eigenvalue weighted by atomic mass is 16.5. The second-order valence-corrected chi connectivity index (χ2v) is 4.69. The van der Waals surface area contributed by atoms with Crippen LogP contribution >= 0.6 is 0 Å². The van der Waals surface area contributed by atoms with E-state index in [-0.39, 0.29) is 0 Å². The van der Waals surface area contributed by atoms with Crippen molar-refractivity contribution in [3.8, 4) is 5.75 Å². The zero-order chi connectivity index (χ0) is 12.3. The van der Waals surface area contributed by atoms with Crippen LogP contribution in [0.5, 0.6) is 5.75 Å². The van der Waals surface area contributed by atoms with Crippen molar-refractivity contribution in [3.63, 3.8) is 0 Å². The van der Waals surface area contributed by atoms with E-state index in [4.69, 9.17) is 9.84 Å². The highest BCUT2D eigenvalue weighted by Crippen LogP contribution is 2.18. The number of hydrogen-bond donors (Lipinski definition) is 1. The second kappa shape index (κ2) is 4.55. The van der Waals surface area contributed by atoms with Crippen molar-refractivity contribution >= 4 is 5.97 Å². The Bertz CT molecular complexity index is 369. The van der Waals surface area contributed by atoms with Gasteiger partial charge in [-0.3, -0.25) is 4.68 Å². The van der Waals surface area contributed by atoms with Gasteiger partial charge in [0.1, 0.15) is 0 Å². The standard InChI is InChI=1S/C11H18N2O3/c1-8(2)7-16-9-5-12-13(6-9)11(3,4)10(14)15/h5-6,8H,7H2,1-4H3,(H,14,15). The molecule has 0 fully saturated rings. The topological polar surface area (TPSA) is 64.4 Å². The molecule has 0 radical (unpaired) electrons. The maximum Gasteiger partial charge on any atom is 0.331 e. The number of aliphatic carboxylic acids is 1. The van der Waals surface area contributed by atoms with Crippen molar-refractivity contribution in [1.82, 2.24) is 9.78 Å². The molecule has 0 unspecified atom stereocenters. The van der Waals surface area contributed by atoms with Crippen LogP contribution in [0, 0.1) is 5.92 Å². The van der Waals surface area contributed by atoms with Crippen LogP contribution in [0.2, 0.25) is 0 Å². The lowest BCUT2D eigenvalue weighted by atomic mass is 10.1. The molecule has 0 saturated heterocycles. The molecule has 0 bridgehead atoms. The highest BCUT2D eigenvalue weighted by molar-refractivity contribution is 5.75. The first-order valence-corrected chi connectivity index (χ1v) is 5.25. The van der Waals surface area contributed by atoms with Gasteiger partial charge in [0.25, 0.3) is 0 Å². The smallest absolute Gasteiger partial charge is 0.331 e. The number of rotatable bonds is 5. The van der Waals surface area contributed by atoms with Crippen molar-refractivity contribution in [2.24, 2.45) is 5.92 Å². The fourth-order valence-electron chi connectivity index (χ4n) is 1.05. The molecule has 0 aliphatic carbocycles. The van der Waals surface area contributed by atoms with E-state index < -0.39 is 11.5 Å². The maximum atomic E-state index is 11.0. The number of carboxylic acid groups (broad SMARTS) is 1. The first kappa shape index (κ1) is 12.5. The number of carboxylic acids is 1. The van der Waals surface area contributed by atoms with Crippen LogP contribution in [-0.2, 0) is 10.3 Å². The molecule has 0 saturated carbocycles. The number of ether oxygens (including phenoxy) is 1. The minimum absolute atomic E-state index is 0.427. The van der Waals surface area contributed by atoms with Crippen LogP contribution in [-0.4, -0.2) is 27.5 Å². The number of hydrogen-bond acceptors (Lipinski definition) is 3. The van der Waals surface area contributed by atoms with E-state index in [9.17, 15) is 4.79 Å². The van der Waals surface area contributed by atoms with Gasteiger partial charge in [0.2, 0.25) is 0 Å². The molecule has 16 heavy (non-hydrogen) atoms. The average Bonchev–Trinajstić information content (AvgIpc) is 2.63. The molecule has 5 heteroatoms. The summed E-state index contributed by atoms with van der Waals surface area (Å²) in [7, 11) is 0. The summed E-state index contributed by atoms with van der Waals surface area (Å²) in [5.41, 5.74) is -1.06. The molecule has 1 heterocycles. The molecule has 5 nitrogen and oxygen atoms in total. The minimum atomic E-state index is -1.06. The molecule has 0 aromatic carbocycles. The molecule has 1 rings (SSSR count). The van der Waals surface area contributed by atoms with E-state index in [1.807, 2.05) is 13.8 Å². The van der Waals surface area contributed by atoms with E-state index in [0.717, 1.165) is 0 Å². The van der Waals surface area contributed by atoms with Crippen molar-refractivity contribution < 1.29 is 14.6 Å². The molecule has 1 aromatic rings. The van der Waals surface area contributed by atoms with Crippen LogP contribution < -0.4 is 4.74 Å². The average molecular weight is 226 g/mol. The lowest BCUT2D eigenvalue weighted by Crippen LogP contribution is -2.35. The van der Waals surface area contributed by atoms with Gasteiger partial charge in [-0.05, 0) is 19.8 Å². The Kier molecular flexibility index (Phi) is 3.57. The van der Waals surface area contributed by atoms with Gasteiger partial charge in [0, 0.05) is 0 Å². The van der Waals surface area contributed by atoms with Crippen molar-refractivity contribution in [2.75, 3.05) is 6.61 Å². The van der Waals surface area contributed by atoms with Gasteiger partial charge < -0.3 is 9.84 Å². The summed E-state index contributed by atoms with van der Waals surface area (Å²) in [5.74, 6) is 0.102. The van der Waals surface area contributed by atoms with Gasteiger partial charge in [-0.15, -0.1) is 0 Å². The van der Waals surface area contributed by atoms with Crippen LogP contribution in [0.3, 0.4) is 0 Å². The monoisotopic (exact) mass is 226 g/mol. The lowest BCUT2D eigenvalue weighted by molar-refractivity contribution is -0.146. The third kappa shape index (κ3) is 2.74. The molecule has 0 aliphatic heterocycles. The van der Waals surface area contributed by atoms with Crippen LogP contribution in [0.1, 0.15) is 27.7 Å². The van der Waals surface area contributed by atoms with Gasteiger partial charge in [0.15, 0.2) is 11.3 Å². The fourth-order valence-corrected chi connectivity index (χ4v) is 1.05. The summed E-state index contributed by atoms with van der Waals surface area (Å²) < 4.78 is 6.84. The van der Waals surface area contributed by atoms with Gasteiger partial charge >= 0.3 is 5.97 Å². The number of nitrogens with zero attached hydrogens (tertiary/aromatic N) is 2. The zero-order valence-corrected chi connectivity index (χ0v) is 10.1. The first-order chi connectivity index (χ1) is 7.34. The van der Waals surface area contributed by atoms with Crippen molar-refractivity contribution in [3.05, 3.63) is 12.4 Å². The summed E-state index contributed by atoms with van der Waals surface area (Å²) >= 11 is 0. The summed E-state index contributed by atoms with van der Waals surface area (Å²) in [6.07, 6.45) is 3.14. The molecule has 0 spiro atoms. The Morgan fingerprint density at radius 1 is 1.62 bits per heavy atom. The Balaban J connectivity index is 2.75. The second-order valence-electron chi connectivity index (χ2n) is 4.69. The van der Waals surface area contributed by atoms with Crippen molar-refractivity contribution in [2.45, 2.75) is 33.2 Å². The Hall–Kier alpha value is -1.52. The molecule has 1 aromatic heterocycles. The molecule has 90 valence electrons. The largest absolute Gasteiger partial charge is 0.490 e. The van der Waals surface area contributed by atoms with E-state index in [1.165, 1.54) is 10.9 Å². The number of carbonyl (C=O) groups is 1. The number of aromatic nitrogens is 2. The van der Waals surface area contributed by atoms with E-state index in [2.05, 4.69) is 5.10 Å². The molecular formula is C11H18N2O3. The van der Waals surface area contributed by atoms with E-state index in [0.29, 0.717) is 18.3 Å². The summed E-state index contributed by atoms with van der Waals surface area (Å²) in [6.45, 7) is 7.87. The SMILES string of the molecule is CC(C)COc1cnn(C(C)(C)C(=O)O)c1. The summed E-state index contributed by atoms with van der Waals surface area (Å²) in [5, 5.41) is 13.0. The first-order valence-electron chi connectivity index (χ1n) is 5.25. The molecule has 0 amide bonds. The minimum Gasteiger partial charge on any atom is -0.490 e. The quantitative estimate of drug-likeness (QED) is 0.830. The van der Waals surface area contributed by atoms with Crippen LogP contribution in [0.15, 0.2) is 12.4 Å². The fraction of sp³-hybridized carbons (Fsp3) is 0.636.